The van der Waals surface area contributed by atoms with Gasteiger partial charge in [-0.1, -0.05) is 17.7 Å². The summed E-state index contributed by atoms with van der Waals surface area (Å²) in [7, 11) is 0. The van der Waals surface area contributed by atoms with E-state index < -0.39 is 6.04 Å². The summed E-state index contributed by atoms with van der Waals surface area (Å²) in [6.45, 7) is 2.66. The van der Waals surface area contributed by atoms with E-state index >= 15 is 0 Å². The standard InChI is InChI=1S/C22H22ClN11O/c1-12(30-18-13(11-24)17(25)32-21(26)33-18)19-31-15-6-2-5-14(23)16(15)20(35)34(19)10-4-9-29-22-27-7-3-8-28-22/h2-3,5-8,12H,4,9-10H2,1H3,(H,27,28,29)(H5,25,26,30,32,33). The summed E-state index contributed by atoms with van der Waals surface area (Å²) < 4.78 is 1.55. The molecule has 35 heavy (non-hydrogen) atoms. The first kappa shape index (κ1) is 23.7. The minimum Gasteiger partial charge on any atom is -0.382 e. The van der Waals surface area contributed by atoms with Gasteiger partial charge in [-0.2, -0.15) is 15.2 Å². The van der Waals surface area contributed by atoms with Gasteiger partial charge in [-0.3, -0.25) is 9.36 Å². The van der Waals surface area contributed by atoms with E-state index in [4.69, 9.17) is 28.1 Å². The molecule has 4 rings (SSSR count). The van der Waals surface area contributed by atoms with Crippen LogP contribution in [-0.2, 0) is 6.54 Å². The first-order valence-electron chi connectivity index (χ1n) is 10.7. The van der Waals surface area contributed by atoms with Crippen molar-refractivity contribution in [3.8, 4) is 6.07 Å². The molecule has 0 fully saturated rings. The highest BCUT2D eigenvalue weighted by Gasteiger charge is 2.20. The Hall–Kier alpha value is -4.50. The lowest BCUT2D eigenvalue weighted by Gasteiger charge is -2.21. The number of anilines is 4. The molecule has 13 heteroatoms. The minimum atomic E-state index is -0.544. The van der Waals surface area contributed by atoms with Gasteiger partial charge in [0.1, 0.15) is 23.3 Å². The molecule has 0 amide bonds. The van der Waals surface area contributed by atoms with Crippen LogP contribution in [0.4, 0.5) is 23.5 Å². The van der Waals surface area contributed by atoms with Gasteiger partial charge in [-0.05, 0) is 31.5 Å². The van der Waals surface area contributed by atoms with Crippen molar-refractivity contribution in [2.45, 2.75) is 25.9 Å². The van der Waals surface area contributed by atoms with Crippen LogP contribution in [0.25, 0.3) is 10.9 Å². The molecule has 1 aromatic carbocycles. The van der Waals surface area contributed by atoms with E-state index in [-0.39, 0.29) is 28.7 Å². The monoisotopic (exact) mass is 491 g/mol. The zero-order chi connectivity index (χ0) is 24.9. The molecular formula is C22H22ClN11O. The van der Waals surface area contributed by atoms with Gasteiger partial charge < -0.3 is 22.1 Å². The van der Waals surface area contributed by atoms with Crippen LogP contribution in [0.3, 0.4) is 0 Å². The number of halogens is 1. The number of fused-ring (bicyclic) bond motifs is 1. The fraction of sp³-hybridized carbons (Fsp3) is 0.227. The van der Waals surface area contributed by atoms with Crippen LogP contribution in [0.15, 0.2) is 41.5 Å². The summed E-state index contributed by atoms with van der Waals surface area (Å²) in [4.78, 5) is 34.4. The average Bonchev–Trinajstić information content (AvgIpc) is 2.83. The van der Waals surface area contributed by atoms with Crippen molar-refractivity contribution in [2.75, 3.05) is 28.6 Å². The number of nitrogen functional groups attached to an aromatic ring is 2. The number of rotatable bonds is 8. The van der Waals surface area contributed by atoms with E-state index in [9.17, 15) is 10.1 Å². The van der Waals surface area contributed by atoms with Crippen LogP contribution >= 0.6 is 11.6 Å². The van der Waals surface area contributed by atoms with E-state index in [1.165, 1.54) is 0 Å². The summed E-state index contributed by atoms with van der Waals surface area (Å²) in [5.74, 6) is 0.957. The molecule has 0 aliphatic carbocycles. The molecular weight excluding hydrogens is 470 g/mol. The van der Waals surface area contributed by atoms with Gasteiger partial charge in [0.25, 0.3) is 5.56 Å². The van der Waals surface area contributed by atoms with Crippen molar-refractivity contribution in [1.82, 2.24) is 29.5 Å². The summed E-state index contributed by atoms with van der Waals surface area (Å²) >= 11 is 6.33. The molecule has 12 nitrogen and oxygen atoms in total. The van der Waals surface area contributed by atoms with Crippen molar-refractivity contribution in [3.63, 3.8) is 0 Å². The highest BCUT2D eigenvalue weighted by molar-refractivity contribution is 6.35. The molecule has 0 saturated carbocycles. The molecule has 0 aliphatic rings. The third-order valence-corrected chi connectivity index (χ3v) is 5.49. The quantitative estimate of drug-likeness (QED) is 0.265. The predicted molar refractivity (Wildman–Crippen MR) is 134 cm³/mol. The van der Waals surface area contributed by atoms with Gasteiger partial charge >= 0.3 is 0 Å². The maximum Gasteiger partial charge on any atom is 0.262 e. The Kier molecular flexibility index (Phi) is 6.88. The minimum absolute atomic E-state index is 0.0421. The average molecular weight is 492 g/mol. The molecule has 3 aromatic heterocycles. The first-order valence-corrected chi connectivity index (χ1v) is 11.1. The highest BCUT2D eigenvalue weighted by Crippen LogP contribution is 2.25. The molecule has 1 atom stereocenters. The Morgan fingerprint density at radius 1 is 1.17 bits per heavy atom. The van der Waals surface area contributed by atoms with Gasteiger partial charge in [0, 0.05) is 25.5 Å². The van der Waals surface area contributed by atoms with Gasteiger partial charge in [0.2, 0.25) is 11.9 Å². The maximum atomic E-state index is 13.5. The van der Waals surface area contributed by atoms with Crippen LogP contribution in [0.2, 0.25) is 5.02 Å². The summed E-state index contributed by atoms with van der Waals surface area (Å²) in [5.41, 5.74) is 11.8. The highest BCUT2D eigenvalue weighted by atomic mass is 35.5. The Morgan fingerprint density at radius 2 is 1.94 bits per heavy atom. The molecule has 0 spiro atoms. The fourth-order valence-electron chi connectivity index (χ4n) is 3.60. The Labute approximate surface area is 205 Å². The van der Waals surface area contributed by atoms with Gasteiger partial charge in [0.05, 0.1) is 22.0 Å². The zero-order valence-corrected chi connectivity index (χ0v) is 19.5. The number of hydrogen-bond donors (Lipinski definition) is 4. The number of benzene rings is 1. The summed E-state index contributed by atoms with van der Waals surface area (Å²) in [6, 6.07) is 8.26. The van der Waals surface area contributed by atoms with Crippen molar-refractivity contribution in [1.29, 1.82) is 5.26 Å². The second-order valence-corrected chi connectivity index (χ2v) is 7.99. The Morgan fingerprint density at radius 3 is 2.69 bits per heavy atom. The van der Waals surface area contributed by atoms with Crippen molar-refractivity contribution in [3.05, 3.63) is 63.4 Å². The molecule has 178 valence electrons. The lowest BCUT2D eigenvalue weighted by molar-refractivity contribution is 0.574. The number of nitrogens with zero attached hydrogens (tertiary/aromatic N) is 7. The summed E-state index contributed by atoms with van der Waals surface area (Å²) in [5, 5.41) is 16.4. The summed E-state index contributed by atoms with van der Waals surface area (Å²) in [6.07, 6.45) is 3.86. The molecule has 0 aliphatic heterocycles. The van der Waals surface area contributed by atoms with E-state index in [1.807, 2.05) is 6.07 Å². The van der Waals surface area contributed by atoms with Crippen LogP contribution in [0.1, 0.15) is 30.8 Å². The number of nitrogens with two attached hydrogens (primary N) is 2. The third kappa shape index (κ3) is 5.04. The van der Waals surface area contributed by atoms with Crippen molar-refractivity contribution >= 4 is 46.0 Å². The molecule has 0 radical (unpaired) electrons. The van der Waals surface area contributed by atoms with E-state index in [1.54, 1.807) is 48.1 Å². The number of nitrogens with one attached hydrogen (secondary N) is 2. The zero-order valence-electron chi connectivity index (χ0n) is 18.7. The van der Waals surface area contributed by atoms with Crippen LogP contribution < -0.4 is 27.7 Å². The molecule has 0 saturated heterocycles. The second kappa shape index (κ2) is 10.2. The molecule has 1 unspecified atom stereocenters. The van der Waals surface area contributed by atoms with E-state index in [0.29, 0.717) is 47.2 Å². The topological polar surface area (TPSA) is 186 Å². The molecule has 0 bridgehead atoms. The van der Waals surface area contributed by atoms with E-state index in [0.717, 1.165) is 0 Å². The Balaban J connectivity index is 1.68. The lowest BCUT2D eigenvalue weighted by atomic mass is 10.2. The van der Waals surface area contributed by atoms with Crippen LogP contribution in [-0.4, -0.2) is 36.0 Å². The Bertz CT molecular complexity index is 1470. The predicted octanol–water partition coefficient (Wildman–Crippen LogP) is 2.34. The number of nitriles is 1. The normalized spacial score (nSPS) is 11.7. The van der Waals surface area contributed by atoms with E-state index in [2.05, 4.69) is 30.6 Å². The lowest BCUT2D eigenvalue weighted by Crippen LogP contribution is -2.30. The number of hydrogen-bond acceptors (Lipinski definition) is 11. The first-order chi connectivity index (χ1) is 16.9. The largest absolute Gasteiger partial charge is 0.382 e. The van der Waals surface area contributed by atoms with Crippen LogP contribution in [0, 0.1) is 11.3 Å². The van der Waals surface area contributed by atoms with Crippen molar-refractivity contribution < 1.29 is 0 Å². The smallest absolute Gasteiger partial charge is 0.262 e. The second-order valence-electron chi connectivity index (χ2n) is 7.58. The number of aromatic nitrogens is 6. The van der Waals surface area contributed by atoms with Crippen molar-refractivity contribution in [2.24, 2.45) is 0 Å². The maximum absolute atomic E-state index is 13.5. The SMILES string of the molecule is CC(Nc1nc(N)nc(N)c1C#N)c1nc2cccc(Cl)c2c(=O)n1CCCNc1ncccn1. The van der Waals surface area contributed by atoms with Gasteiger partial charge in [0.15, 0.2) is 5.82 Å². The third-order valence-electron chi connectivity index (χ3n) is 5.18. The molecule has 4 aromatic rings. The van der Waals surface area contributed by atoms with Crippen LogP contribution in [0.5, 0.6) is 0 Å². The fourth-order valence-corrected chi connectivity index (χ4v) is 3.85. The molecule has 3 heterocycles. The van der Waals surface area contributed by atoms with Gasteiger partial charge in [-0.25, -0.2) is 15.0 Å². The van der Waals surface area contributed by atoms with Gasteiger partial charge in [-0.15, -0.1) is 0 Å². The molecule has 6 N–H and O–H groups in total.